The van der Waals surface area contributed by atoms with Crippen molar-refractivity contribution in [3.05, 3.63) is 53.6 Å². The van der Waals surface area contributed by atoms with E-state index in [0.717, 1.165) is 17.7 Å². The summed E-state index contributed by atoms with van der Waals surface area (Å²) in [7, 11) is 0. The van der Waals surface area contributed by atoms with Crippen LogP contribution in [0.4, 0.5) is 18.9 Å². The lowest BCUT2D eigenvalue weighted by Gasteiger charge is -2.09. The predicted molar refractivity (Wildman–Crippen MR) is 76.3 cm³/mol. The highest BCUT2D eigenvalue weighted by Gasteiger charge is 2.30. The number of hydrogen-bond acceptors (Lipinski definition) is 3. The van der Waals surface area contributed by atoms with Crippen LogP contribution in [0.3, 0.4) is 0 Å². The molecule has 1 heterocycles. The molecule has 1 aliphatic heterocycles. The third kappa shape index (κ3) is 3.56. The van der Waals surface area contributed by atoms with E-state index in [9.17, 15) is 18.0 Å². The van der Waals surface area contributed by atoms with Gasteiger partial charge in [0.2, 0.25) is 12.7 Å². The Morgan fingerprint density at radius 3 is 2.43 bits per heavy atom. The molecule has 0 fully saturated rings. The van der Waals surface area contributed by atoms with Gasteiger partial charge in [0, 0.05) is 5.69 Å². The smallest absolute Gasteiger partial charge is 0.416 e. The zero-order chi connectivity index (χ0) is 16.4. The number of benzene rings is 2. The van der Waals surface area contributed by atoms with Crippen molar-refractivity contribution in [1.29, 1.82) is 0 Å². The Morgan fingerprint density at radius 2 is 1.74 bits per heavy atom. The fraction of sp³-hybridized carbons (Fsp3) is 0.188. The second kappa shape index (κ2) is 5.83. The van der Waals surface area contributed by atoms with Gasteiger partial charge in [-0.05, 0) is 42.0 Å². The van der Waals surface area contributed by atoms with Crippen LogP contribution < -0.4 is 14.8 Å². The van der Waals surface area contributed by atoms with E-state index in [4.69, 9.17) is 9.47 Å². The van der Waals surface area contributed by atoms with Gasteiger partial charge in [0.05, 0.1) is 12.0 Å². The van der Waals surface area contributed by atoms with Gasteiger partial charge in [-0.25, -0.2) is 0 Å². The molecule has 0 saturated carbocycles. The van der Waals surface area contributed by atoms with Crippen molar-refractivity contribution in [1.82, 2.24) is 0 Å². The number of anilines is 1. The van der Waals surface area contributed by atoms with Crippen LogP contribution in [0.1, 0.15) is 11.1 Å². The molecular formula is C16H12F3NO3. The van der Waals surface area contributed by atoms with E-state index in [0.29, 0.717) is 17.2 Å². The molecule has 3 rings (SSSR count). The minimum atomic E-state index is -4.39. The summed E-state index contributed by atoms with van der Waals surface area (Å²) in [5, 5.41) is 2.56. The van der Waals surface area contributed by atoms with Crippen molar-refractivity contribution in [3.63, 3.8) is 0 Å². The minimum Gasteiger partial charge on any atom is -0.454 e. The molecule has 0 radical (unpaired) electrons. The molecule has 0 bridgehead atoms. The molecule has 2 aromatic rings. The largest absolute Gasteiger partial charge is 0.454 e. The highest BCUT2D eigenvalue weighted by atomic mass is 19.4. The van der Waals surface area contributed by atoms with Gasteiger partial charge in [-0.2, -0.15) is 13.2 Å². The maximum atomic E-state index is 12.5. The number of carbonyl (C=O) groups is 1. The first-order chi connectivity index (χ1) is 10.9. The Morgan fingerprint density at radius 1 is 1.04 bits per heavy atom. The summed E-state index contributed by atoms with van der Waals surface area (Å²) in [6, 6.07) is 9.45. The summed E-state index contributed by atoms with van der Waals surface area (Å²) in [6.45, 7) is 0.149. The average molecular weight is 323 g/mol. The second-order valence-corrected chi connectivity index (χ2v) is 4.99. The second-order valence-electron chi connectivity index (χ2n) is 4.99. The highest BCUT2D eigenvalue weighted by molar-refractivity contribution is 5.92. The van der Waals surface area contributed by atoms with Crippen molar-refractivity contribution >= 4 is 11.6 Å². The van der Waals surface area contributed by atoms with E-state index in [1.165, 1.54) is 12.1 Å². The molecule has 0 saturated heterocycles. The number of carbonyl (C=O) groups excluding carboxylic acids is 1. The minimum absolute atomic E-state index is 0.0810. The summed E-state index contributed by atoms with van der Waals surface area (Å²) in [4.78, 5) is 12.0. The SMILES string of the molecule is O=C(Cc1ccc2c(c1)OCO2)Nc1ccc(C(F)(F)F)cc1. The Labute approximate surface area is 129 Å². The van der Waals surface area contributed by atoms with Crippen molar-refractivity contribution in [2.24, 2.45) is 0 Å². The van der Waals surface area contributed by atoms with Crippen molar-refractivity contribution < 1.29 is 27.4 Å². The third-order valence-corrected chi connectivity index (χ3v) is 3.30. The maximum Gasteiger partial charge on any atom is 0.416 e. The molecule has 0 atom stereocenters. The summed E-state index contributed by atoms with van der Waals surface area (Å²) in [5.41, 5.74) is 0.272. The fourth-order valence-electron chi connectivity index (χ4n) is 2.18. The topological polar surface area (TPSA) is 47.6 Å². The molecule has 1 N–H and O–H groups in total. The number of ether oxygens (including phenoxy) is 2. The molecule has 1 amide bonds. The van der Waals surface area contributed by atoms with Gasteiger partial charge in [0.1, 0.15) is 0 Å². The molecule has 23 heavy (non-hydrogen) atoms. The van der Waals surface area contributed by atoms with Crippen LogP contribution in [0.5, 0.6) is 11.5 Å². The van der Waals surface area contributed by atoms with Gasteiger partial charge < -0.3 is 14.8 Å². The molecule has 120 valence electrons. The quantitative estimate of drug-likeness (QED) is 0.938. The summed E-state index contributed by atoms with van der Waals surface area (Å²) in [5.74, 6) is 0.866. The molecule has 0 unspecified atom stereocenters. The Kier molecular flexibility index (Phi) is 3.85. The van der Waals surface area contributed by atoms with Crippen LogP contribution in [-0.4, -0.2) is 12.7 Å². The van der Waals surface area contributed by atoms with Crippen LogP contribution in [0.15, 0.2) is 42.5 Å². The number of halogens is 3. The number of alkyl halides is 3. The molecule has 1 aliphatic rings. The standard InChI is InChI=1S/C16H12F3NO3/c17-16(18,19)11-2-4-12(5-3-11)20-15(21)8-10-1-6-13-14(7-10)23-9-22-13/h1-7H,8-9H2,(H,20,21). The Bertz CT molecular complexity index is 726. The molecule has 2 aromatic carbocycles. The number of hydrogen-bond donors (Lipinski definition) is 1. The average Bonchev–Trinajstić information content (AvgIpc) is 2.94. The number of amides is 1. The predicted octanol–water partition coefficient (Wildman–Crippen LogP) is 3.62. The van der Waals surface area contributed by atoms with Crippen LogP contribution in [0.25, 0.3) is 0 Å². The van der Waals surface area contributed by atoms with Crippen molar-refractivity contribution in [2.75, 3.05) is 12.1 Å². The first kappa shape index (κ1) is 15.2. The molecular weight excluding hydrogens is 311 g/mol. The van der Waals surface area contributed by atoms with Crippen LogP contribution >= 0.6 is 0 Å². The van der Waals surface area contributed by atoms with Crippen LogP contribution in [0, 0.1) is 0 Å². The lowest BCUT2D eigenvalue weighted by molar-refractivity contribution is -0.137. The van der Waals surface area contributed by atoms with E-state index >= 15 is 0 Å². The van der Waals surface area contributed by atoms with E-state index in [1.54, 1.807) is 18.2 Å². The lowest BCUT2D eigenvalue weighted by atomic mass is 10.1. The monoisotopic (exact) mass is 323 g/mol. The normalized spacial score (nSPS) is 13.0. The van der Waals surface area contributed by atoms with Crippen LogP contribution in [-0.2, 0) is 17.4 Å². The fourth-order valence-corrected chi connectivity index (χ4v) is 2.18. The van der Waals surface area contributed by atoms with Gasteiger partial charge in [-0.3, -0.25) is 4.79 Å². The third-order valence-electron chi connectivity index (χ3n) is 3.30. The lowest BCUT2D eigenvalue weighted by Crippen LogP contribution is -2.14. The number of nitrogens with one attached hydrogen (secondary N) is 1. The van der Waals surface area contributed by atoms with E-state index in [-0.39, 0.29) is 19.1 Å². The first-order valence-corrected chi connectivity index (χ1v) is 6.77. The zero-order valence-electron chi connectivity index (χ0n) is 11.8. The summed E-state index contributed by atoms with van der Waals surface area (Å²) in [6.07, 6.45) is -4.31. The highest BCUT2D eigenvalue weighted by Crippen LogP contribution is 2.33. The molecule has 4 nitrogen and oxygen atoms in total. The molecule has 0 aromatic heterocycles. The van der Waals surface area contributed by atoms with Crippen LogP contribution in [0.2, 0.25) is 0 Å². The van der Waals surface area contributed by atoms with Gasteiger partial charge in [0.25, 0.3) is 0 Å². The molecule has 0 aliphatic carbocycles. The summed E-state index contributed by atoms with van der Waals surface area (Å²) < 4.78 is 47.8. The van der Waals surface area contributed by atoms with Gasteiger partial charge in [0.15, 0.2) is 11.5 Å². The van der Waals surface area contributed by atoms with Crippen molar-refractivity contribution in [3.8, 4) is 11.5 Å². The molecule has 0 spiro atoms. The van der Waals surface area contributed by atoms with E-state index in [1.807, 2.05) is 0 Å². The van der Waals surface area contributed by atoms with Gasteiger partial charge >= 0.3 is 6.18 Å². The Balaban J connectivity index is 1.63. The van der Waals surface area contributed by atoms with Gasteiger partial charge in [-0.15, -0.1) is 0 Å². The van der Waals surface area contributed by atoms with Gasteiger partial charge in [-0.1, -0.05) is 6.07 Å². The maximum absolute atomic E-state index is 12.5. The Hall–Kier alpha value is -2.70. The number of rotatable bonds is 3. The first-order valence-electron chi connectivity index (χ1n) is 6.77. The number of fused-ring (bicyclic) bond motifs is 1. The zero-order valence-corrected chi connectivity index (χ0v) is 11.8. The van der Waals surface area contributed by atoms with Crippen molar-refractivity contribution in [2.45, 2.75) is 12.6 Å². The molecule has 7 heteroatoms. The van der Waals surface area contributed by atoms with E-state index < -0.39 is 11.7 Å². The summed E-state index contributed by atoms with van der Waals surface area (Å²) >= 11 is 0. The van der Waals surface area contributed by atoms with E-state index in [2.05, 4.69) is 5.32 Å².